The molecule has 1 heteroatoms. The molecular formula is C10H20N+. The summed E-state index contributed by atoms with van der Waals surface area (Å²) >= 11 is 0. The van der Waals surface area contributed by atoms with Crippen LogP contribution in [0, 0.1) is 5.92 Å². The molecule has 1 rings (SSSR count). The van der Waals surface area contributed by atoms with Gasteiger partial charge in [-0.25, -0.2) is 0 Å². The molecule has 0 unspecified atom stereocenters. The largest absolute Gasteiger partial charge is 0.331 e. The van der Waals surface area contributed by atoms with E-state index in [0.717, 1.165) is 10.4 Å². The average molecular weight is 154 g/mol. The predicted octanol–water partition coefficient (Wildman–Crippen LogP) is 2.05. The van der Waals surface area contributed by atoms with E-state index in [2.05, 4.69) is 33.3 Å². The van der Waals surface area contributed by atoms with Gasteiger partial charge in [-0.2, -0.15) is 0 Å². The van der Waals surface area contributed by atoms with Crippen molar-refractivity contribution in [3.05, 3.63) is 12.2 Å². The molecule has 0 heterocycles. The third kappa shape index (κ3) is 3.57. The topological polar surface area (TPSA) is 0 Å². The Bertz CT molecular complexity index is 141. The molecule has 1 aliphatic carbocycles. The predicted molar refractivity (Wildman–Crippen MR) is 49.4 cm³/mol. The lowest BCUT2D eigenvalue weighted by Gasteiger charge is -2.29. The maximum absolute atomic E-state index is 2.34. The Labute approximate surface area is 70.3 Å². The molecule has 11 heavy (non-hydrogen) atoms. The van der Waals surface area contributed by atoms with Gasteiger partial charge in [0, 0.05) is 5.92 Å². The monoisotopic (exact) mass is 154 g/mol. The summed E-state index contributed by atoms with van der Waals surface area (Å²) in [4.78, 5) is 0. The zero-order valence-electron chi connectivity index (χ0n) is 8.01. The number of hydrogen-bond acceptors (Lipinski definition) is 0. The van der Waals surface area contributed by atoms with Crippen molar-refractivity contribution < 1.29 is 4.48 Å². The smallest absolute Gasteiger partial charge is 0.0812 e. The number of nitrogens with zero attached hydrogens (tertiary/aromatic N) is 1. The van der Waals surface area contributed by atoms with Crippen molar-refractivity contribution in [2.45, 2.75) is 19.3 Å². The number of quaternary nitrogens is 1. The standard InChI is InChI=1S/C10H20N/c1-11(2,3)9-10-7-5-4-6-8-10/h4-5,10H,6-9H2,1-3H3/q+1/t10-/m1/s1. The van der Waals surface area contributed by atoms with Crippen LogP contribution in [0.15, 0.2) is 12.2 Å². The highest BCUT2D eigenvalue weighted by Gasteiger charge is 2.17. The van der Waals surface area contributed by atoms with E-state index in [1.807, 2.05) is 0 Å². The van der Waals surface area contributed by atoms with Crippen LogP contribution >= 0.6 is 0 Å². The Kier molecular flexibility index (Phi) is 2.72. The van der Waals surface area contributed by atoms with E-state index >= 15 is 0 Å². The molecule has 0 saturated heterocycles. The second kappa shape index (κ2) is 3.40. The summed E-state index contributed by atoms with van der Waals surface area (Å²) in [5.74, 6) is 0.931. The Hall–Kier alpha value is -0.300. The van der Waals surface area contributed by atoms with Crippen molar-refractivity contribution in [1.29, 1.82) is 0 Å². The molecule has 0 fully saturated rings. The van der Waals surface area contributed by atoms with Gasteiger partial charge < -0.3 is 4.48 Å². The maximum Gasteiger partial charge on any atom is 0.0812 e. The van der Waals surface area contributed by atoms with Crippen LogP contribution in [-0.2, 0) is 0 Å². The first-order valence-electron chi connectivity index (χ1n) is 4.53. The number of rotatable bonds is 2. The van der Waals surface area contributed by atoms with E-state index in [4.69, 9.17) is 0 Å². The first-order valence-corrected chi connectivity index (χ1v) is 4.53. The van der Waals surface area contributed by atoms with Crippen LogP contribution in [-0.4, -0.2) is 32.2 Å². The second-order valence-electron chi connectivity index (χ2n) is 4.62. The molecule has 0 aromatic carbocycles. The third-order valence-corrected chi connectivity index (χ3v) is 2.18. The number of allylic oxidation sites excluding steroid dienone is 2. The molecule has 64 valence electrons. The minimum Gasteiger partial charge on any atom is -0.331 e. The molecule has 0 aromatic rings. The Morgan fingerprint density at radius 1 is 1.27 bits per heavy atom. The molecule has 0 aromatic heterocycles. The third-order valence-electron chi connectivity index (χ3n) is 2.18. The number of hydrogen-bond donors (Lipinski definition) is 0. The van der Waals surface area contributed by atoms with E-state index in [9.17, 15) is 0 Å². The molecule has 0 bridgehead atoms. The van der Waals surface area contributed by atoms with Gasteiger partial charge in [-0.15, -0.1) is 0 Å². The molecule has 1 nitrogen and oxygen atoms in total. The Balaban J connectivity index is 2.32. The van der Waals surface area contributed by atoms with Gasteiger partial charge in [0.05, 0.1) is 27.7 Å². The molecule has 1 aliphatic rings. The van der Waals surface area contributed by atoms with Crippen molar-refractivity contribution in [2.75, 3.05) is 27.7 Å². The Morgan fingerprint density at radius 3 is 2.45 bits per heavy atom. The van der Waals surface area contributed by atoms with Gasteiger partial charge in [-0.1, -0.05) is 12.2 Å². The molecule has 0 saturated carbocycles. The summed E-state index contributed by atoms with van der Waals surface area (Å²) in [5.41, 5.74) is 0. The molecule has 0 spiro atoms. The van der Waals surface area contributed by atoms with E-state index in [-0.39, 0.29) is 0 Å². The molecular weight excluding hydrogens is 134 g/mol. The summed E-state index contributed by atoms with van der Waals surface area (Å²) in [6, 6.07) is 0. The lowest BCUT2D eigenvalue weighted by atomic mass is 9.94. The van der Waals surface area contributed by atoms with Crippen molar-refractivity contribution in [2.24, 2.45) is 5.92 Å². The molecule has 0 radical (unpaired) electrons. The summed E-state index contributed by atoms with van der Waals surface area (Å²) < 4.78 is 1.11. The first-order chi connectivity index (χ1) is 5.08. The van der Waals surface area contributed by atoms with Crippen LogP contribution in [0.5, 0.6) is 0 Å². The SMILES string of the molecule is C[N+](C)(C)C[C@@H]1CC=CCC1. The quantitative estimate of drug-likeness (QED) is 0.422. The van der Waals surface area contributed by atoms with Crippen LogP contribution in [0.25, 0.3) is 0 Å². The fourth-order valence-corrected chi connectivity index (χ4v) is 1.80. The average Bonchev–Trinajstić information content (AvgIpc) is 1.85. The van der Waals surface area contributed by atoms with Gasteiger partial charge in [0.1, 0.15) is 0 Å². The summed E-state index contributed by atoms with van der Waals surface area (Å²) in [6.45, 7) is 1.32. The minimum atomic E-state index is 0.931. The van der Waals surface area contributed by atoms with Crippen molar-refractivity contribution in [1.82, 2.24) is 0 Å². The zero-order chi connectivity index (χ0) is 8.32. The highest BCUT2D eigenvalue weighted by molar-refractivity contribution is 4.89. The van der Waals surface area contributed by atoms with E-state index in [0.29, 0.717) is 0 Å². The van der Waals surface area contributed by atoms with Gasteiger partial charge >= 0.3 is 0 Å². The highest BCUT2D eigenvalue weighted by atomic mass is 15.3. The van der Waals surface area contributed by atoms with Crippen molar-refractivity contribution in [3.8, 4) is 0 Å². The summed E-state index contributed by atoms with van der Waals surface area (Å²) in [5, 5.41) is 0. The van der Waals surface area contributed by atoms with Crippen molar-refractivity contribution in [3.63, 3.8) is 0 Å². The Morgan fingerprint density at radius 2 is 2.00 bits per heavy atom. The normalized spacial score (nSPS) is 25.5. The molecule has 0 amide bonds. The fourth-order valence-electron chi connectivity index (χ4n) is 1.80. The first kappa shape index (κ1) is 8.79. The van der Waals surface area contributed by atoms with E-state index in [1.165, 1.54) is 25.8 Å². The van der Waals surface area contributed by atoms with Gasteiger partial charge in [0.25, 0.3) is 0 Å². The van der Waals surface area contributed by atoms with Crippen LogP contribution in [0.4, 0.5) is 0 Å². The van der Waals surface area contributed by atoms with Gasteiger partial charge in [-0.3, -0.25) is 0 Å². The lowest BCUT2D eigenvalue weighted by Crippen LogP contribution is -2.39. The van der Waals surface area contributed by atoms with Gasteiger partial charge in [0.15, 0.2) is 0 Å². The van der Waals surface area contributed by atoms with E-state index in [1.54, 1.807) is 0 Å². The fraction of sp³-hybridized carbons (Fsp3) is 0.800. The summed E-state index contributed by atoms with van der Waals surface area (Å²) in [6.07, 6.45) is 8.64. The minimum absolute atomic E-state index is 0.931. The van der Waals surface area contributed by atoms with E-state index < -0.39 is 0 Å². The molecule has 0 N–H and O–H groups in total. The highest BCUT2D eigenvalue weighted by Crippen LogP contribution is 2.19. The van der Waals surface area contributed by atoms with Crippen LogP contribution in [0.3, 0.4) is 0 Å². The molecule has 1 atom stereocenters. The zero-order valence-corrected chi connectivity index (χ0v) is 8.01. The van der Waals surface area contributed by atoms with Gasteiger partial charge in [0.2, 0.25) is 0 Å². The van der Waals surface area contributed by atoms with Crippen LogP contribution in [0.2, 0.25) is 0 Å². The molecule has 0 aliphatic heterocycles. The van der Waals surface area contributed by atoms with Crippen LogP contribution in [0.1, 0.15) is 19.3 Å². The van der Waals surface area contributed by atoms with Gasteiger partial charge in [-0.05, 0) is 19.3 Å². The lowest BCUT2D eigenvalue weighted by molar-refractivity contribution is -0.873. The van der Waals surface area contributed by atoms with Crippen LogP contribution < -0.4 is 0 Å². The van der Waals surface area contributed by atoms with Crippen molar-refractivity contribution >= 4 is 0 Å². The summed E-state index contributed by atoms with van der Waals surface area (Å²) in [7, 11) is 6.83. The maximum atomic E-state index is 2.34. The second-order valence-corrected chi connectivity index (χ2v) is 4.62.